The highest BCUT2D eigenvalue weighted by atomic mass is 16.5. The second-order valence-electron chi connectivity index (χ2n) is 2.03. The van der Waals surface area contributed by atoms with Gasteiger partial charge in [0.2, 0.25) is 0 Å². The second-order valence-corrected chi connectivity index (χ2v) is 2.03. The average molecular weight is 136 g/mol. The van der Waals surface area contributed by atoms with E-state index >= 15 is 0 Å². The van der Waals surface area contributed by atoms with E-state index in [2.05, 4.69) is 0 Å². The summed E-state index contributed by atoms with van der Waals surface area (Å²) in [7, 11) is 0. The molecule has 4 nitrogen and oxygen atoms in total. The van der Waals surface area contributed by atoms with Crippen LogP contribution in [0, 0.1) is 0 Å². The number of aliphatic hydroxyl groups excluding tert-OH is 2. The molecule has 0 fully saturated rings. The van der Waals surface area contributed by atoms with Crippen molar-refractivity contribution >= 4 is 0 Å². The van der Waals surface area contributed by atoms with Gasteiger partial charge in [0.25, 0.3) is 0 Å². The van der Waals surface area contributed by atoms with Crippen molar-refractivity contribution in [2.45, 2.75) is 25.2 Å². The Morgan fingerprint density at radius 1 is 1.44 bits per heavy atom. The zero-order valence-corrected chi connectivity index (χ0v) is 5.28. The van der Waals surface area contributed by atoms with E-state index in [9.17, 15) is 0 Å². The minimum Gasteiger partial charge on any atom is -0.396 e. The van der Waals surface area contributed by atoms with Gasteiger partial charge >= 0.3 is 0 Å². The maximum absolute atomic E-state index is 8.74. The molecule has 0 heterocycles. The van der Waals surface area contributed by atoms with Gasteiger partial charge in [0.1, 0.15) is 6.10 Å². The van der Waals surface area contributed by atoms with Gasteiger partial charge in [-0.05, 0) is 6.92 Å². The third-order valence-corrected chi connectivity index (χ3v) is 1.15. The minimum absolute atomic E-state index is 0.231. The molecule has 0 aromatic rings. The smallest absolute Gasteiger partial charge is 0.191 e. The molecule has 0 saturated heterocycles. The highest BCUT2D eigenvalue weighted by molar-refractivity contribution is 4.69. The van der Waals surface area contributed by atoms with E-state index in [1.54, 1.807) is 0 Å². The summed E-state index contributed by atoms with van der Waals surface area (Å²) in [5, 5.41) is 34.3. The van der Waals surface area contributed by atoms with Crippen LogP contribution in [0.15, 0.2) is 0 Å². The molecule has 0 aliphatic carbocycles. The van der Waals surface area contributed by atoms with E-state index in [1.807, 2.05) is 0 Å². The van der Waals surface area contributed by atoms with Gasteiger partial charge in [-0.25, -0.2) is 0 Å². The molecule has 9 heavy (non-hydrogen) atoms. The Balaban J connectivity index is 3.70. The molecule has 0 saturated carbocycles. The van der Waals surface area contributed by atoms with E-state index in [4.69, 9.17) is 20.4 Å². The van der Waals surface area contributed by atoms with Crippen LogP contribution >= 0.6 is 0 Å². The summed E-state index contributed by atoms with van der Waals surface area (Å²) in [5.74, 6) is -2.14. The van der Waals surface area contributed by atoms with E-state index in [0.29, 0.717) is 0 Å². The third-order valence-electron chi connectivity index (χ3n) is 1.15. The normalized spacial score (nSPS) is 15.7. The largest absolute Gasteiger partial charge is 0.396 e. The molecule has 4 N–H and O–H groups in total. The lowest BCUT2D eigenvalue weighted by molar-refractivity contribution is -0.226. The zero-order chi connectivity index (χ0) is 7.49. The molecule has 0 aliphatic rings. The topological polar surface area (TPSA) is 80.9 Å². The molecule has 1 unspecified atom stereocenters. The quantitative estimate of drug-likeness (QED) is 0.353. The van der Waals surface area contributed by atoms with Gasteiger partial charge in [-0.1, -0.05) is 0 Å². The summed E-state index contributed by atoms with van der Waals surface area (Å²) < 4.78 is 0. The number of rotatable bonds is 3. The van der Waals surface area contributed by atoms with Crippen molar-refractivity contribution in [3.63, 3.8) is 0 Å². The van der Waals surface area contributed by atoms with Crippen molar-refractivity contribution in [1.29, 1.82) is 0 Å². The lowest BCUT2D eigenvalue weighted by Crippen LogP contribution is -2.40. The van der Waals surface area contributed by atoms with Crippen molar-refractivity contribution in [2.24, 2.45) is 0 Å². The molecule has 4 heteroatoms. The summed E-state index contributed by atoms with van der Waals surface area (Å²) in [4.78, 5) is 0. The van der Waals surface area contributed by atoms with Crippen LogP contribution in [-0.4, -0.2) is 38.9 Å². The Bertz CT molecular complexity index is 79.0. The van der Waals surface area contributed by atoms with Crippen LogP contribution in [0.25, 0.3) is 0 Å². The fourth-order valence-electron chi connectivity index (χ4n) is 0.373. The fourth-order valence-corrected chi connectivity index (χ4v) is 0.373. The number of hydrogen-bond donors (Lipinski definition) is 4. The monoisotopic (exact) mass is 136 g/mol. The van der Waals surface area contributed by atoms with Gasteiger partial charge < -0.3 is 20.4 Å². The first-order valence-corrected chi connectivity index (χ1v) is 2.74. The SMILES string of the molecule is CC(O)C(O)(O)CCO. The highest BCUT2D eigenvalue weighted by Crippen LogP contribution is 2.09. The molecular weight excluding hydrogens is 124 g/mol. The molecule has 0 aromatic carbocycles. The van der Waals surface area contributed by atoms with E-state index in [-0.39, 0.29) is 13.0 Å². The van der Waals surface area contributed by atoms with Crippen molar-refractivity contribution in [3.05, 3.63) is 0 Å². The van der Waals surface area contributed by atoms with Gasteiger partial charge in [0.05, 0.1) is 0 Å². The molecule has 56 valence electrons. The zero-order valence-electron chi connectivity index (χ0n) is 5.28. The van der Waals surface area contributed by atoms with Gasteiger partial charge in [0, 0.05) is 13.0 Å². The fraction of sp³-hybridized carbons (Fsp3) is 1.00. The molecule has 1 atom stereocenters. The van der Waals surface area contributed by atoms with Gasteiger partial charge in [-0.2, -0.15) is 0 Å². The molecule has 0 aromatic heterocycles. The summed E-state index contributed by atoms with van der Waals surface area (Å²) in [5.41, 5.74) is 0. The first kappa shape index (κ1) is 8.84. The van der Waals surface area contributed by atoms with Gasteiger partial charge in [-0.15, -0.1) is 0 Å². The molecule has 0 radical (unpaired) electrons. The van der Waals surface area contributed by atoms with Gasteiger partial charge in [0.15, 0.2) is 5.79 Å². The number of aliphatic hydroxyl groups is 4. The second kappa shape index (κ2) is 3.12. The van der Waals surface area contributed by atoms with Crippen LogP contribution in [0.3, 0.4) is 0 Å². The highest BCUT2D eigenvalue weighted by Gasteiger charge is 2.28. The maximum atomic E-state index is 8.74. The Labute approximate surface area is 53.4 Å². The Morgan fingerprint density at radius 3 is 2.00 bits per heavy atom. The maximum Gasteiger partial charge on any atom is 0.191 e. The van der Waals surface area contributed by atoms with Crippen molar-refractivity contribution in [2.75, 3.05) is 6.61 Å². The van der Waals surface area contributed by atoms with E-state index in [0.717, 1.165) is 0 Å². The van der Waals surface area contributed by atoms with Crippen LogP contribution < -0.4 is 0 Å². The van der Waals surface area contributed by atoms with Crippen molar-refractivity contribution < 1.29 is 20.4 Å². The van der Waals surface area contributed by atoms with Gasteiger partial charge in [-0.3, -0.25) is 0 Å². The van der Waals surface area contributed by atoms with E-state index < -0.39 is 11.9 Å². The lowest BCUT2D eigenvalue weighted by Gasteiger charge is -2.23. The molecule has 0 bridgehead atoms. The predicted molar refractivity (Wildman–Crippen MR) is 30.6 cm³/mol. The van der Waals surface area contributed by atoms with Crippen molar-refractivity contribution in [1.82, 2.24) is 0 Å². The number of hydrogen-bond acceptors (Lipinski definition) is 4. The first-order chi connectivity index (χ1) is 4.00. The Hall–Kier alpha value is -0.160. The van der Waals surface area contributed by atoms with Crippen LogP contribution in [0.4, 0.5) is 0 Å². The van der Waals surface area contributed by atoms with Crippen LogP contribution in [0.2, 0.25) is 0 Å². The molecule has 0 rings (SSSR count). The summed E-state index contributed by atoms with van der Waals surface area (Å²) in [6.45, 7) is 0.896. The average Bonchev–Trinajstić information content (AvgIpc) is 1.65. The standard InChI is InChI=1S/C5H12O4/c1-4(7)5(8,9)2-3-6/h4,6-9H,2-3H2,1H3. The minimum atomic E-state index is -2.14. The summed E-state index contributed by atoms with van der Waals surface area (Å²) >= 11 is 0. The first-order valence-electron chi connectivity index (χ1n) is 2.74. The lowest BCUT2D eigenvalue weighted by atomic mass is 10.1. The van der Waals surface area contributed by atoms with Crippen LogP contribution in [0.5, 0.6) is 0 Å². The molecule has 0 spiro atoms. The summed E-state index contributed by atoms with van der Waals surface area (Å²) in [6, 6.07) is 0. The van der Waals surface area contributed by atoms with Crippen LogP contribution in [0.1, 0.15) is 13.3 Å². The van der Waals surface area contributed by atoms with Crippen LogP contribution in [-0.2, 0) is 0 Å². The van der Waals surface area contributed by atoms with E-state index in [1.165, 1.54) is 6.92 Å². The Morgan fingerprint density at radius 2 is 1.89 bits per heavy atom. The molecule has 0 amide bonds. The Kier molecular flexibility index (Phi) is 3.07. The molecular formula is C5H12O4. The predicted octanol–water partition coefficient (Wildman–Crippen LogP) is -1.57. The van der Waals surface area contributed by atoms with Crippen molar-refractivity contribution in [3.8, 4) is 0 Å². The summed E-state index contributed by atoms with van der Waals surface area (Å²) in [6.07, 6.45) is -1.46. The molecule has 0 aliphatic heterocycles. The third kappa shape index (κ3) is 2.76.